The second-order valence-corrected chi connectivity index (χ2v) is 8.43. The molecule has 0 atom stereocenters. The van der Waals surface area contributed by atoms with E-state index in [1.165, 1.54) is 22.3 Å². The van der Waals surface area contributed by atoms with Gasteiger partial charge in [0.05, 0.1) is 6.42 Å². The number of nitrogens with one attached hydrogen (secondary N) is 1. The summed E-state index contributed by atoms with van der Waals surface area (Å²) in [7, 11) is 0. The number of piperazine rings is 1. The molecule has 0 unspecified atom stereocenters. The van der Waals surface area contributed by atoms with Crippen LogP contribution in [0.2, 0.25) is 0 Å². The Morgan fingerprint density at radius 3 is 2.06 bits per heavy atom. The molecular weight excluding hydrogens is 406 g/mol. The van der Waals surface area contributed by atoms with Crippen molar-refractivity contribution in [3.05, 3.63) is 59.7 Å². The first-order valence-electron chi connectivity index (χ1n) is 11.4. The van der Waals surface area contributed by atoms with Gasteiger partial charge in [-0.3, -0.25) is 4.79 Å². The molecule has 1 heterocycles. The maximum Gasteiger partial charge on any atom is 0.407 e. The SMILES string of the molecule is O=C(O)CCN1CCN(CCCNC(=O)OCC2c3ccccc3-c3ccccc32)CC1. The highest BCUT2D eigenvalue weighted by molar-refractivity contribution is 5.79. The Kier molecular flexibility index (Phi) is 7.39. The van der Waals surface area contributed by atoms with Crippen molar-refractivity contribution in [1.82, 2.24) is 15.1 Å². The zero-order valence-corrected chi connectivity index (χ0v) is 18.3. The molecule has 4 rings (SSSR count). The molecule has 1 aliphatic carbocycles. The van der Waals surface area contributed by atoms with Crippen LogP contribution < -0.4 is 5.32 Å². The lowest BCUT2D eigenvalue weighted by Gasteiger charge is -2.34. The first kappa shape index (κ1) is 22.3. The van der Waals surface area contributed by atoms with Crippen LogP contribution in [0.5, 0.6) is 0 Å². The number of carboxylic acids is 1. The predicted octanol–water partition coefficient (Wildman–Crippen LogP) is 3.01. The van der Waals surface area contributed by atoms with Crippen molar-refractivity contribution in [2.24, 2.45) is 0 Å². The van der Waals surface area contributed by atoms with Gasteiger partial charge in [-0.2, -0.15) is 0 Å². The fraction of sp³-hybridized carbons (Fsp3) is 0.440. The van der Waals surface area contributed by atoms with Crippen molar-refractivity contribution in [1.29, 1.82) is 0 Å². The summed E-state index contributed by atoms with van der Waals surface area (Å²) in [6, 6.07) is 16.6. The van der Waals surface area contributed by atoms with Gasteiger partial charge in [-0.05, 0) is 35.2 Å². The number of hydrogen-bond donors (Lipinski definition) is 2. The molecule has 32 heavy (non-hydrogen) atoms. The summed E-state index contributed by atoms with van der Waals surface area (Å²) in [4.78, 5) is 27.5. The van der Waals surface area contributed by atoms with E-state index in [0.717, 1.165) is 39.1 Å². The molecule has 1 fully saturated rings. The summed E-state index contributed by atoms with van der Waals surface area (Å²) in [5, 5.41) is 11.7. The lowest BCUT2D eigenvalue weighted by Crippen LogP contribution is -2.47. The van der Waals surface area contributed by atoms with E-state index in [1.807, 2.05) is 24.3 Å². The highest BCUT2D eigenvalue weighted by Gasteiger charge is 2.29. The maximum atomic E-state index is 12.2. The van der Waals surface area contributed by atoms with Crippen LogP contribution in [-0.2, 0) is 9.53 Å². The minimum atomic E-state index is -0.744. The van der Waals surface area contributed by atoms with Gasteiger partial charge in [0, 0.05) is 45.2 Å². The summed E-state index contributed by atoms with van der Waals surface area (Å²) in [5.74, 6) is -0.669. The Balaban J connectivity index is 1.15. The van der Waals surface area contributed by atoms with Crippen LogP contribution in [0.1, 0.15) is 29.9 Å². The smallest absolute Gasteiger partial charge is 0.407 e. The van der Waals surface area contributed by atoms with Gasteiger partial charge in [0.1, 0.15) is 6.61 Å². The van der Waals surface area contributed by atoms with Gasteiger partial charge in [-0.25, -0.2) is 4.79 Å². The molecule has 0 aromatic heterocycles. The average molecular weight is 438 g/mol. The van der Waals surface area contributed by atoms with Gasteiger partial charge in [-0.1, -0.05) is 48.5 Å². The summed E-state index contributed by atoms with van der Waals surface area (Å²) in [6.45, 7) is 6.10. The summed E-state index contributed by atoms with van der Waals surface area (Å²) < 4.78 is 5.57. The Morgan fingerprint density at radius 2 is 1.47 bits per heavy atom. The first-order chi connectivity index (χ1) is 15.6. The number of fused-ring (bicyclic) bond motifs is 3. The molecule has 1 saturated heterocycles. The molecule has 7 nitrogen and oxygen atoms in total. The normalized spacial score (nSPS) is 16.4. The number of amides is 1. The maximum absolute atomic E-state index is 12.2. The zero-order valence-electron chi connectivity index (χ0n) is 18.3. The largest absolute Gasteiger partial charge is 0.481 e. The summed E-state index contributed by atoms with van der Waals surface area (Å²) >= 11 is 0. The van der Waals surface area contributed by atoms with Crippen molar-refractivity contribution in [3.63, 3.8) is 0 Å². The number of carbonyl (C=O) groups excluding carboxylic acids is 1. The van der Waals surface area contributed by atoms with Crippen LogP contribution in [0.15, 0.2) is 48.5 Å². The van der Waals surface area contributed by atoms with Crippen LogP contribution in [0, 0.1) is 0 Å². The minimum Gasteiger partial charge on any atom is -0.481 e. The molecule has 2 aromatic rings. The van der Waals surface area contributed by atoms with Gasteiger partial charge in [0.15, 0.2) is 0 Å². The fourth-order valence-corrected chi connectivity index (χ4v) is 4.63. The predicted molar refractivity (Wildman–Crippen MR) is 123 cm³/mol. The van der Waals surface area contributed by atoms with E-state index < -0.39 is 5.97 Å². The van der Waals surface area contributed by atoms with Crippen LogP contribution >= 0.6 is 0 Å². The van der Waals surface area contributed by atoms with Gasteiger partial charge in [0.25, 0.3) is 0 Å². The summed E-state index contributed by atoms with van der Waals surface area (Å²) in [5.41, 5.74) is 4.87. The molecule has 1 amide bonds. The molecule has 0 radical (unpaired) electrons. The molecule has 7 heteroatoms. The second kappa shape index (κ2) is 10.6. The molecule has 2 aromatic carbocycles. The lowest BCUT2D eigenvalue weighted by atomic mass is 9.98. The van der Waals surface area contributed by atoms with Crippen molar-refractivity contribution in [2.45, 2.75) is 18.8 Å². The van der Waals surface area contributed by atoms with Crippen LogP contribution in [0.25, 0.3) is 11.1 Å². The first-order valence-corrected chi connectivity index (χ1v) is 11.4. The number of carbonyl (C=O) groups is 2. The van der Waals surface area contributed by atoms with E-state index in [1.54, 1.807) is 0 Å². The number of nitrogens with zero attached hydrogens (tertiary/aromatic N) is 2. The third kappa shape index (κ3) is 5.47. The van der Waals surface area contributed by atoms with E-state index in [9.17, 15) is 9.59 Å². The van der Waals surface area contributed by atoms with Crippen LogP contribution in [-0.4, -0.2) is 79.4 Å². The summed E-state index contributed by atoms with van der Waals surface area (Å²) in [6.07, 6.45) is 0.689. The minimum absolute atomic E-state index is 0.0746. The van der Waals surface area contributed by atoms with Crippen molar-refractivity contribution in [2.75, 3.05) is 52.4 Å². The number of carboxylic acid groups (broad SMARTS) is 1. The fourth-order valence-electron chi connectivity index (χ4n) is 4.63. The zero-order chi connectivity index (χ0) is 22.3. The third-order valence-electron chi connectivity index (χ3n) is 6.37. The van der Waals surface area contributed by atoms with Gasteiger partial charge in [-0.15, -0.1) is 0 Å². The molecule has 2 N–H and O–H groups in total. The Morgan fingerprint density at radius 1 is 0.906 bits per heavy atom. The van der Waals surface area contributed by atoms with E-state index >= 15 is 0 Å². The number of ether oxygens (including phenoxy) is 1. The molecule has 0 saturated carbocycles. The lowest BCUT2D eigenvalue weighted by molar-refractivity contribution is -0.137. The van der Waals surface area contributed by atoms with Crippen molar-refractivity contribution in [3.8, 4) is 11.1 Å². The van der Waals surface area contributed by atoms with E-state index in [0.29, 0.717) is 19.7 Å². The number of hydrogen-bond acceptors (Lipinski definition) is 5. The van der Waals surface area contributed by atoms with E-state index in [2.05, 4.69) is 39.4 Å². The Hall–Kier alpha value is -2.90. The number of aliphatic carboxylic acids is 1. The number of benzene rings is 2. The highest BCUT2D eigenvalue weighted by atomic mass is 16.5. The van der Waals surface area contributed by atoms with E-state index in [4.69, 9.17) is 9.84 Å². The molecule has 2 aliphatic rings. The van der Waals surface area contributed by atoms with Gasteiger partial charge >= 0.3 is 12.1 Å². The van der Waals surface area contributed by atoms with Crippen molar-refractivity contribution < 1.29 is 19.4 Å². The Bertz CT molecular complexity index is 895. The molecule has 0 spiro atoms. The van der Waals surface area contributed by atoms with Gasteiger partial charge < -0.3 is 25.0 Å². The second-order valence-electron chi connectivity index (χ2n) is 8.43. The molecular formula is C25H31N3O4. The highest BCUT2D eigenvalue weighted by Crippen LogP contribution is 2.44. The molecule has 0 bridgehead atoms. The quantitative estimate of drug-likeness (QED) is 0.587. The van der Waals surface area contributed by atoms with Crippen molar-refractivity contribution >= 4 is 12.1 Å². The number of rotatable bonds is 9. The molecule has 1 aliphatic heterocycles. The topological polar surface area (TPSA) is 82.1 Å². The third-order valence-corrected chi connectivity index (χ3v) is 6.37. The molecule has 170 valence electrons. The average Bonchev–Trinajstić information content (AvgIpc) is 3.13. The standard InChI is InChI=1S/C25H31N3O4/c29-24(30)10-13-28-16-14-27(15-17-28)12-5-11-26-25(31)32-18-23-21-8-3-1-6-19(21)20-7-2-4-9-22(20)23/h1-4,6-9,23H,5,10-18H2,(H,26,31)(H,29,30). The van der Waals surface area contributed by atoms with Crippen LogP contribution in [0.3, 0.4) is 0 Å². The Labute approximate surface area is 189 Å². The monoisotopic (exact) mass is 437 g/mol. The number of alkyl carbamates (subject to hydrolysis) is 1. The van der Waals surface area contributed by atoms with Crippen LogP contribution in [0.4, 0.5) is 4.79 Å². The van der Waals surface area contributed by atoms with E-state index in [-0.39, 0.29) is 18.4 Å². The van der Waals surface area contributed by atoms with Gasteiger partial charge in [0.2, 0.25) is 0 Å².